The number of hydrogen-bond donors (Lipinski definition) is 1. The molecule has 1 aromatic carbocycles. The van der Waals surface area contributed by atoms with Crippen molar-refractivity contribution in [3.63, 3.8) is 0 Å². The average molecular weight is 452 g/mol. The van der Waals surface area contributed by atoms with E-state index in [9.17, 15) is 9.18 Å². The predicted molar refractivity (Wildman–Crippen MR) is 87.0 cm³/mol. The Morgan fingerprint density at radius 3 is 2.90 bits per heavy atom. The van der Waals surface area contributed by atoms with Crippen LogP contribution in [-0.2, 0) is 11.3 Å². The molecule has 0 radical (unpaired) electrons. The van der Waals surface area contributed by atoms with Crippen molar-refractivity contribution in [3.8, 4) is 0 Å². The van der Waals surface area contributed by atoms with Crippen LogP contribution in [0.25, 0.3) is 0 Å². The van der Waals surface area contributed by atoms with E-state index >= 15 is 0 Å². The summed E-state index contributed by atoms with van der Waals surface area (Å²) in [4.78, 5) is 11.8. The van der Waals surface area contributed by atoms with Gasteiger partial charge in [-0.1, -0.05) is 15.9 Å². The highest BCUT2D eigenvalue weighted by atomic mass is 127. The zero-order chi connectivity index (χ0) is 14.7. The Balaban J connectivity index is 1.92. The highest BCUT2D eigenvalue weighted by Gasteiger charge is 2.08. The van der Waals surface area contributed by atoms with E-state index in [-0.39, 0.29) is 18.0 Å². The van der Waals surface area contributed by atoms with Gasteiger partial charge >= 0.3 is 0 Å². The van der Waals surface area contributed by atoms with Gasteiger partial charge in [0, 0.05) is 23.6 Å². The number of anilines is 1. The molecule has 2 aromatic rings. The fourth-order valence-electron chi connectivity index (χ4n) is 1.63. The van der Waals surface area contributed by atoms with Crippen molar-refractivity contribution in [3.05, 3.63) is 43.9 Å². The fourth-order valence-corrected chi connectivity index (χ4v) is 2.39. The molecule has 106 valence electrons. The monoisotopic (exact) mass is 451 g/mol. The molecule has 0 aliphatic carbocycles. The topological polar surface area (TPSA) is 46.9 Å². The molecule has 1 heterocycles. The number of aryl methyl sites for hydroxylation is 2. The maximum absolute atomic E-state index is 13.6. The first-order valence-electron chi connectivity index (χ1n) is 5.90. The first-order valence-corrected chi connectivity index (χ1v) is 7.77. The zero-order valence-electron chi connectivity index (χ0n) is 10.7. The van der Waals surface area contributed by atoms with Gasteiger partial charge in [0.05, 0.1) is 15.0 Å². The maximum Gasteiger partial charge on any atom is 0.226 e. The van der Waals surface area contributed by atoms with Crippen LogP contribution in [0, 0.1) is 16.3 Å². The summed E-state index contributed by atoms with van der Waals surface area (Å²) in [6.45, 7) is 2.38. The van der Waals surface area contributed by atoms with Crippen LogP contribution in [0.5, 0.6) is 0 Å². The van der Waals surface area contributed by atoms with Gasteiger partial charge in [0.25, 0.3) is 0 Å². The maximum atomic E-state index is 13.6. The van der Waals surface area contributed by atoms with Gasteiger partial charge in [-0.15, -0.1) is 0 Å². The Labute approximate surface area is 138 Å². The lowest BCUT2D eigenvalue weighted by molar-refractivity contribution is -0.116. The molecule has 2 rings (SSSR count). The van der Waals surface area contributed by atoms with Gasteiger partial charge < -0.3 is 5.32 Å². The molecule has 0 aliphatic rings. The molecule has 0 atom stereocenters. The summed E-state index contributed by atoms with van der Waals surface area (Å²) < 4.78 is 17.0. The lowest BCUT2D eigenvalue weighted by Gasteiger charge is -2.06. The molecule has 0 spiro atoms. The van der Waals surface area contributed by atoms with Gasteiger partial charge in [0.2, 0.25) is 5.91 Å². The van der Waals surface area contributed by atoms with Gasteiger partial charge in [-0.25, -0.2) is 4.39 Å². The van der Waals surface area contributed by atoms with Crippen LogP contribution in [0.4, 0.5) is 10.1 Å². The summed E-state index contributed by atoms with van der Waals surface area (Å²) in [6, 6.07) is 4.52. The van der Waals surface area contributed by atoms with E-state index in [1.807, 2.05) is 13.1 Å². The van der Waals surface area contributed by atoms with Crippen LogP contribution < -0.4 is 5.32 Å². The molecule has 1 N–H and O–H groups in total. The molecule has 20 heavy (non-hydrogen) atoms. The Morgan fingerprint density at radius 2 is 2.30 bits per heavy atom. The summed E-state index contributed by atoms with van der Waals surface area (Å²) in [6.07, 6.45) is 2.12. The number of carbonyl (C=O) groups is 1. The van der Waals surface area contributed by atoms with Crippen LogP contribution in [0.1, 0.15) is 12.1 Å². The SMILES string of the molecule is Cc1nn(CCC(=O)Nc2ccc(Br)cc2F)cc1I. The number of halogens is 3. The van der Waals surface area contributed by atoms with Crippen molar-refractivity contribution in [1.82, 2.24) is 9.78 Å². The van der Waals surface area contributed by atoms with E-state index in [1.54, 1.807) is 10.7 Å². The van der Waals surface area contributed by atoms with Crippen LogP contribution in [-0.4, -0.2) is 15.7 Å². The third-order valence-electron chi connectivity index (χ3n) is 2.66. The Kier molecular flexibility index (Phi) is 5.14. The largest absolute Gasteiger partial charge is 0.324 e. The van der Waals surface area contributed by atoms with E-state index in [1.165, 1.54) is 12.1 Å². The zero-order valence-corrected chi connectivity index (χ0v) is 14.4. The van der Waals surface area contributed by atoms with Crippen molar-refractivity contribution in [2.45, 2.75) is 19.9 Å². The molecule has 7 heteroatoms. The number of nitrogens with zero attached hydrogens (tertiary/aromatic N) is 2. The molecule has 0 saturated heterocycles. The average Bonchev–Trinajstić information content (AvgIpc) is 2.70. The number of benzene rings is 1. The standard InChI is InChI=1S/C13H12BrFIN3O/c1-8-11(16)7-19(18-8)5-4-13(20)17-12-3-2-9(14)6-10(12)15/h2-3,6-7H,4-5H2,1H3,(H,17,20). The third-order valence-corrected chi connectivity index (χ3v) is 4.21. The molecule has 0 saturated carbocycles. The number of aromatic nitrogens is 2. The molecular weight excluding hydrogens is 440 g/mol. The molecule has 4 nitrogen and oxygen atoms in total. The Morgan fingerprint density at radius 1 is 1.55 bits per heavy atom. The minimum absolute atomic E-state index is 0.185. The summed E-state index contributed by atoms with van der Waals surface area (Å²) in [7, 11) is 0. The summed E-state index contributed by atoms with van der Waals surface area (Å²) in [5.41, 5.74) is 1.12. The van der Waals surface area contributed by atoms with E-state index in [0.717, 1.165) is 9.26 Å². The minimum atomic E-state index is -0.461. The quantitative estimate of drug-likeness (QED) is 0.720. The lowest BCUT2D eigenvalue weighted by Crippen LogP contribution is -2.15. The van der Waals surface area contributed by atoms with E-state index in [0.29, 0.717) is 11.0 Å². The van der Waals surface area contributed by atoms with Crippen molar-refractivity contribution in [1.29, 1.82) is 0 Å². The number of rotatable bonds is 4. The number of carbonyl (C=O) groups excluding carboxylic acids is 1. The minimum Gasteiger partial charge on any atom is -0.324 e. The second-order valence-electron chi connectivity index (χ2n) is 4.25. The normalized spacial score (nSPS) is 10.6. The molecule has 1 amide bonds. The van der Waals surface area contributed by atoms with E-state index in [2.05, 4.69) is 48.9 Å². The second kappa shape index (κ2) is 6.66. The lowest BCUT2D eigenvalue weighted by atomic mass is 10.3. The van der Waals surface area contributed by atoms with Crippen LogP contribution >= 0.6 is 38.5 Å². The second-order valence-corrected chi connectivity index (χ2v) is 6.33. The molecular formula is C13H12BrFIN3O. The highest BCUT2D eigenvalue weighted by molar-refractivity contribution is 14.1. The Hall–Kier alpha value is -0.960. The molecule has 0 unspecified atom stereocenters. The van der Waals surface area contributed by atoms with E-state index < -0.39 is 5.82 Å². The summed E-state index contributed by atoms with van der Waals surface area (Å²) >= 11 is 5.36. The van der Waals surface area contributed by atoms with E-state index in [4.69, 9.17) is 0 Å². The smallest absolute Gasteiger partial charge is 0.226 e. The van der Waals surface area contributed by atoms with Gasteiger partial charge in [0.15, 0.2) is 0 Å². The van der Waals surface area contributed by atoms with Crippen molar-refractivity contribution < 1.29 is 9.18 Å². The first kappa shape index (κ1) is 15.4. The fraction of sp³-hybridized carbons (Fsp3) is 0.231. The van der Waals surface area contributed by atoms with Crippen LogP contribution in [0.3, 0.4) is 0 Å². The molecule has 1 aromatic heterocycles. The number of hydrogen-bond acceptors (Lipinski definition) is 2. The van der Waals surface area contributed by atoms with Crippen molar-refractivity contribution >= 4 is 50.1 Å². The summed E-state index contributed by atoms with van der Waals surface area (Å²) in [5.74, 6) is -0.702. The van der Waals surface area contributed by atoms with Crippen molar-refractivity contribution in [2.75, 3.05) is 5.32 Å². The molecule has 0 fully saturated rings. The third kappa shape index (κ3) is 4.02. The molecule has 0 bridgehead atoms. The summed E-state index contributed by atoms with van der Waals surface area (Å²) in [5, 5.41) is 6.82. The molecule has 0 aliphatic heterocycles. The Bertz CT molecular complexity index is 625. The number of amides is 1. The van der Waals surface area contributed by atoms with Gasteiger partial charge in [-0.05, 0) is 47.7 Å². The van der Waals surface area contributed by atoms with Crippen molar-refractivity contribution in [2.24, 2.45) is 0 Å². The van der Waals surface area contributed by atoms with Crippen LogP contribution in [0.2, 0.25) is 0 Å². The first-order chi connectivity index (χ1) is 9.45. The highest BCUT2D eigenvalue weighted by Crippen LogP contribution is 2.19. The predicted octanol–water partition coefficient (Wildman–Crippen LogP) is 3.73. The number of nitrogens with one attached hydrogen (secondary N) is 1. The van der Waals surface area contributed by atoms with Gasteiger partial charge in [-0.2, -0.15) is 5.10 Å². The van der Waals surface area contributed by atoms with Gasteiger partial charge in [0.1, 0.15) is 5.82 Å². The van der Waals surface area contributed by atoms with Gasteiger partial charge in [-0.3, -0.25) is 9.48 Å². The van der Waals surface area contributed by atoms with Crippen LogP contribution in [0.15, 0.2) is 28.9 Å².